The average molecular weight is 506 g/mol. The van der Waals surface area contributed by atoms with Crippen LogP contribution < -0.4 is 10.5 Å². The van der Waals surface area contributed by atoms with Crippen LogP contribution in [0.1, 0.15) is 30.3 Å². The zero-order valence-corrected chi connectivity index (χ0v) is 20.7. The Hall–Kier alpha value is -4.85. The summed E-state index contributed by atoms with van der Waals surface area (Å²) in [7, 11) is 0. The molecule has 6 rings (SSSR count). The number of nitrogens with two attached hydrogens (primary N) is 1. The number of imidazole rings is 1. The maximum Gasteiger partial charge on any atom is 0.410 e. The maximum atomic E-state index is 13.1. The lowest BCUT2D eigenvalue weighted by Gasteiger charge is -2.23. The summed E-state index contributed by atoms with van der Waals surface area (Å²) in [5.41, 5.74) is 9.59. The first-order valence-corrected chi connectivity index (χ1v) is 12.6. The van der Waals surface area contributed by atoms with E-state index in [1.807, 2.05) is 95.5 Å². The van der Waals surface area contributed by atoms with Gasteiger partial charge in [-0.2, -0.15) is 0 Å². The molecule has 2 aromatic heterocycles. The molecule has 1 aliphatic rings. The molecule has 1 aliphatic heterocycles. The van der Waals surface area contributed by atoms with E-state index in [1.54, 1.807) is 11.1 Å². The van der Waals surface area contributed by atoms with Crippen LogP contribution in [0.4, 0.5) is 10.6 Å². The van der Waals surface area contributed by atoms with Gasteiger partial charge in [0.2, 0.25) is 0 Å². The van der Waals surface area contributed by atoms with Gasteiger partial charge in [0.15, 0.2) is 0 Å². The van der Waals surface area contributed by atoms with Crippen molar-refractivity contribution in [1.82, 2.24) is 19.3 Å². The largest absolute Gasteiger partial charge is 0.457 e. The van der Waals surface area contributed by atoms with Crippen LogP contribution in [0.5, 0.6) is 11.5 Å². The van der Waals surface area contributed by atoms with Crippen molar-refractivity contribution in [1.29, 1.82) is 0 Å². The first-order valence-electron chi connectivity index (χ1n) is 12.6. The van der Waals surface area contributed by atoms with Crippen LogP contribution in [0.25, 0.3) is 16.8 Å². The van der Waals surface area contributed by atoms with Crippen molar-refractivity contribution in [2.24, 2.45) is 0 Å². The lowest BCUT2D eigenvalue weighted by molar-refractivity contribution is 0.0908. The second kappa shape index (κ2) is 10.3. The van der Waals surface area contributed by atoms with Crippen LogP contribution in [-0.2, 0) is 11.3 Å². The minimum atomic E-state index is -0.348. The Morgan fingerprint density at radius 1 is 0.947 bits per heavy atom. The summed E-state index contributed by atoms with van der Waals surface area (Å²) in [4.78, 5) is 24.2. The number of anilines is 1. The summed E-state index contributed by atoms with van der Waals surface area (Å²) in [5.74, 6) is 2.60. The molecule has 0 unspecified atom stereocenters. The molecule has 0 spiro atoms. The minimum absolute atomic E-state index is 0.227. The number of fused-ring (bicyclic) bond motifs is 1. The van der Waals surface area contributed by atoms with Crippen molar-refractivity contribution in [3.05, 3.63) is 109 Å². The number of nitrogens with zero attached hydrogens (tertiary/aromatic N) is 4. The van der Waals surface area contributed by atoms with Gasteiger partial charge in [-0.1, -0.05) is 48.5 Å². The van der Waals surface area contributed by atoms with Gasteiger partial charge < -0.3 is 15.2 Å². The zero-order valence-electron chi connectivity index (χ0n) is 20.7. The highest BCUT2D eigenvalue weighted by Crippen LogP contribution is 2.37. The van der Waals surface area contributed by atoms with Crippen molar-refractivity contribution in [2.45, 2.75) is 25.5 Å². The molecular formula is C30H27N5O3. The number of carbonyl (C=O) groups is 1. The number of carbonyl (C=O) groups excluding carboxylic acids is 1. The molecule has 0 aliphatic carbocycles. The monoisotopic (exact) mass is 505 g/mol. The molecule has 38 heavy (non-hydrogen) atoms. The summed E-state index contributed by atoms with van der Waals surface area (Å²) < 4.78 is 13.5. The molecule has 3 heterocycles. The minimum Gasteiger partial charge on any atom is -0.457 e. The standard InChI is InChI=1S/C30H27N5O3/c31-28-27-26(22-13-15-24(16-14-22)38-23-10-5-2-6-11-23)33-29(35(27)19-17-32-28)25-12-7-18-34(25)30(36)37-20-21-8-3-1-4-9-21/h1-6,8-11,13-17,19,25H,7,12,18,20H2,(H2,31,32)/t25-/m0/s1. The SMILES string of the molecule is Nc1nccn2c([C@@H]3CCCN3C(=O)OCc3ccccc3)nc(-c3ccc(Oc4ccccc4)cc3)c12. The molecule has 1 amide bonds. The highest BCUT2D eigenvalue weighted by Gasteiger charge is 2.35. The average Bonchev–Trinajstić information content (AvgIpc) is 3.59. The van der Waals surface area contributed by atoms with Crippen LogP contribution in [0.15, 0.2) is 97.3 Å². The quantitative estimate of drug-likeness (QED) is 0.293. The number of aromatic nitrogens is 3. The fourth-order valence-corrected chi connectivity index (χ4v) is 4.88. The molecule has 190 valence electrons. The number of para-hydroxylation sites is 1. The summed E-state index contributed by atoms with van der Waals surface area (Å²) >= 11 is 0. The summed E-state index contributed by atoms with van der Waals surface area (Å²) in [6, 6.07) is 26.8. The van der Waals surface area contributed by atoms with E-state index in [0.717, 1.165) is 41.3 Å². The van der Waals surface area contributed by atoms with Crippen molar-refractivity contribution >= 4 is 17.4 Å². The van der Waals surface area contributed by atoms with E-state index in [4.69, 9.17) is 20.2 Å². The predicted octanol–water partition coefficient (Wildman–Crippen LogP) is 6.24. The van der Waals surface area contributed by atoms with Gasteiger partial charge in [0.05, 0.1) is 6.04 Å². The Labute approximate surface area is 220 Å². The van der Waals surface area contributed by atoms with Crippen LogP contribution in [0.3, 0.4) is 0 Å². The van der Waals surface area contributed by atoms with Crippen molar-refractivity contribution in [3.8, 4) is 22.8 Å². The number of hydrogen-bond acceptors (Lipinski definition) is 6. The van der Waals surface area contributed by atoms with Gasteiger partial charge in [0, 0.05) is 24.5 Å². The van der Waals surface area contributed by atoms with Crippen LogP contribution >= 0.6 is 0 Å². The third kappa shape index (κ3) is 4.64. The lowest BCUT2D eigenvalue weighted by Crippen LogP contribution is -2.32. The molecule has 2 N–H and O–H groups in total. The molecular weight excluding hydrogens is 478 g/mol. The van der Waals surface area contributed by atoms with Crippen molar-refractivity contribution in [2.75, 3.05) is 12.3 Å². The number of likely N-dealkylation sites (tertiary alicyclic amines) is 1. The second-order valence-corrected chi connectivity index (χ2v) is 9.18. The van der Waals surface area contributed by atoms with Crippen LogP contribution in [0, 0.1) is 0 Å². The summed E-state index contributed by atoms with van der Waals surface area (Å²) in [5, 5.41) is 0. The first-order chi connectivity index (χ1) is 18.7. The molecule has 8 nitrogen and oxygen atoms in total. The van der Waals surface area contributed by atoms with E-state index in [2.05, 4.69) is 4.98 Å². The van der Waals surface area contributed by atoms with Gasteiger partial charge in [-0.15, -0.1) is 0 Å². The number of ether oxygens (including phenoxy) is 2. The van der Waals surface area contributed by atoms with Gasteiger partial charge in [-0.3, -0.25) is 9.30 Å². The first kappa shape index (κ1) is 23.5. The number of hydrogen-bond donors (Lipinski definition) is 1. The van der Waals surface area contributed by atoms with Crippen molar-refractivity contribution in [3.63, 3.8) is 0 Å². The van der Waals surface area contributed by atoms with E-state index in [1.165, 1.54) is 0 Å². The third-order valence-electron chi connectivity index (χ3n) is 6.71. The van der Waals surface area contributed by atoms with Gasteiger partial charge in [0.25, 0.3) is 0 Å². The topological polar surface area (TPSA) is 95.0 Å². The maximum absolute atomic E-state index is 13.1. The normalized spacial score (nSPS) is 15.1. The van der Waals surface area contributed by atoms with Gasteiger partial charge in [0.1, 0.15) is 41.0 Å². The molecule has 1 saturated heterocycles. The third-order valence-corrected chi connectivity index (χ3v) is 6.71. The molecule has 5 aromatic rings. The predicted molar refractivity (Wildman–Crippen MR) is 145 cm³/mol. The summed E-state index contributed by atoms with van der Waals surface area (Å²) in [6.07, 6.45) is 4.79. The van der Waals surface area contributed by atoms with E-state index < -0.39 is 0 Å². The molecule has 1 fully saturated rings. The van der Waals surface area contributed by atoms with Gasteiger partial charge >= 0.3 is 6.09 Å². The van der Waals surface area contributed by atoms with E-state index >= 15 is 0 Å². The molecule has 3 aromatic carbocycles. The van der Waals surface area contributed by atoms with Crippen molar-refractivity contribution < 1.29 is 14.3 Å². The highest BCUT2D eigenvalue weighted by molar-refractivity contribution is 5.85. The Kier molecular flexibility index (Phi) is 6.35. The Bertz CT molecular complexity index is 1550. The smallest absolute Gasteiger partial charge is 0.410 e. The molecule has 8 heteroatoms. The van der Waals surface area contributed by atoms with E-state index in [0.29, 0.717) is 23.6 Å². The number of benzene rings is 3. The Balaban J connectivity index is 1.29. The van der Waals surface area contributed by atoms with Gasteiger partial charge in [-0.05, 0) is 54.8 Å². The van der Waals surface area contributed by atoms with E-state index in [9.17, 15) is 4.79 Å². The van der Waals surface area contributed by atoms with Crippen LogP contribution in [-0.4, -0.2) is 31.9 Å². The van der Waals surface area contributed by atoms with E-state index in [-0.39, 0.29) is 18.7 Å². The number of rotatable bonds is 6. The Morgan fingerprint density at radius 2 is 1.66 bits per heavy atom. The fraction of sp³-hybridized carbons (Fsp3) is 0.167. The Morgan fingerprint density at radius 3 is 2.42 bits per heavy atom. The summed E-state index contributed by atoms with van der Waals surface area (Å²) in [6.45, 7) is 0.833. The fourth-order valence-electron chi connectivity index (χ4n) is 4.88. The number of nitrogen functional groups attached to an aromatic ring is 1. The van der Waals surface area contributed by atoms with Gasteiger partial charge in [-0.25, -0.2) is 14.8 Å². The molecule has 0 bridgehead atoms. The van der Waals surface area contributed by atoms with Crippen LogP contribution in [0.2, 0.25) is 0 Å². The molecule has 1 atom stereocenters. The zero-order chi connectivity index (χ0) is 25.9. The second-order valence-electron chi connectivity index (χ2n) is 9.18. The highest BCUT2D eigenvalue weighted by atomic mass is 16.6. The number of amides is 1. The lowest BCUT2D eigenvalue weighted by atomic mass is 10.1. The molecule has 0 radical (unpaired) electrons. The molecule has 0 saturated carbocycles.